The molecule has 0 bridgehead atoms. The van der Waals surface area contributed by atoms with Gasteiger partial charge in [-0.2, -0.15) is 0 Å². The van der Waals surface area contributed by atoms with Gasteiger partial charge in [-0.25, -0.2) is 4.98 Å². The van der Waals surface area contributed by atoms with Crippen LogP contribution >= 0.6 is 0 Å². The number of anilines is 1. The summed E-state index contributed by atoms with van der Waals surface area (Å²) in [6.07, 6.45) is 8.94. The van der Waals surface area contributed by atoms with E-state index in [0.29, 0.717) is 6.04 Å². The van der Waals surface area contributed by atoms with E-state index >= 15 is 0 Å². The van der Waals surface area contributed by atoms with Crippen molar-refractivity contribution >= 4 is 11.7 Å². The van der Waals surface area contributed by atoms with Gasteiger partial charge in [-0.3, -0.25) is 4.79 Å². The minimum atomic E-state index is 0.128. The average Bonchev–Trinajstić information content (AvgIpc) is 2.91. The van der Waals surface area contributed by atoms with Crippen LogP contribution in [0.3, 0.4) is 0 Å². The van der Waals surface area contributed by atoms with E-state index in [1.54, 1.807) is 6.20 Å². The number of hydrogen-bond acceptors (Lipinski definition) is 4. The molecular weight excluding hydrogens is 300 g/mol. The van der Waals surface area contributed by atoms with Crippen LogP contribution in [0.5, 0.6) is 0 Å². The van der Waals surface area contributed by atoms with Crippen molar-refractivity contribution in [3.63, 3.8) is 0 Å². The second-order valence-electron chi connectivity index (χ2n) is 7.25. The summed E-state index contributed by atoms with van der Waals surface area (Å²) in [4.78, 5) is 24.0. The Balaban J connectivity index is 1.69. The molecule has 2 saturated heterocycles. The first-order valence-corrected chi connectivity index (χ1v) is 9.32. The first kappa shape index (κ1) is 17.2. The fourth-order valence-corrected chi connectivity index (χ4v) is 3.78. The highest BCUT2D eigenvalue weighted by atomic mass is 16.2. The highest BCUT2D eigenvalue weighted by Gasteiger charge is 2.25. The molecule has 0 N–H and O–H groups in total. The normalized spacial score (nSPS) is 20.7. The van der Waals surface area contributed by atoms with Gasteiger partial charge in [-0.1, -0.05) is 12.8 Å². The van der Waals surface area contributed by atoms with Crippen molar-refractivity contribution in [2.75, 3.05) is 45.2 Å². The number of likely N-dealkylation sites (tertiary alicyclic amines) is 1. The summed E-state index contributed by atoms with van der Waals surface area (Å²) >= 11 is 0. The minimum absolute atomic E-state index is 0.128. The Kier molecular flexibility index (Phi) is 5.72. The predicted molar refractivity (Wildman–Crippen MR) is 97.5 cm³/mol. The molecule has 0 saturated carbocycles. The fourth-order valence-electron chi connectivity index (χ4n) is 3.78. The third-order valence-corrected chi connectivity index (χ3v) is 5.48. The lowest BCUT2D eigenvalue weighted by Crippen LogP contribution is -2.44. The first-order valence-electron chi connectivity index (χ1n) is 9.32. The molecular formula is C19H30N4O. The van der Waals surface area contributed by atoms with Crippen molar-refractivity contribution in [2.24, 2.45) is 0 Å². The molecule has 5 nitrogen and oxygen atoms in total. The number of pyridine rings is 1. The Hall–Kier alpha value is -1.62. The largest absolute Gasteiger partial charge is 0.357 e. The van der Waals surface area contributed by atoms with Gasteiger partial charge in [0, 0.05) is 37.9 Å². The van der Waals surface area contributed by atoms with Crippen LogP contribution in [0, 0.1) is 0 Å². The summed E-state index contributed by atoms with van der Waals surface area (Å²) in [6, 6.07) is 4.19. The number of nitrogens with zero attached hydrogens (tertiary/aromatic N) is 4. The molecule has 0 atom stereocenters. The summed E-state index contributed by atoms with van der Waals surface area (Å²) < 4.78 is 0. The topological polar surface area (TPSA) is 39.7 Å². The molecule has 5 heteroatoms. The van der Waals surface area contributed by atoms with Crippen LogP contribution in [0.25, 0.3) is 0 Å². The van der Waals surface area contributed by atoms with E-state index in [-0.39, 0.29) is 5.91 Å². The van der Waals surface area contributed by atoms with E-state index in [9.17, 15) is 4.79 Å². The summed E-state index contributed by atoms with van der Waals surface area (Å²) in [5, 5.41) is 0. The SMILES string of the molecule is CN1CCC(N(C)C(=O)c2ccnc(N3CCCCCC3)c2)CC1. The fraction of sp³-hybridized carbons (Fsp3) is 0.684. The molecule has 0 aliphatic carbocycles. The maximum Gasteiger partial charge on any atom is 0.254 e. The lowest BCUT2D eigenvalue weighted by atomic mass is 10.0. The molecule has 1 aromatic heterocycles. The number of aromatic nitrogens is 1. The standard InChI is InChI=1S/C19H30N4O/c1-21-13-8-17(9-14-21)22(2)19(24)16-7-10-20-18(15-16)23-11-5-3-4-6-12-23/h7,10,15,17H,3-6,8-9,11-14H2,1-2H3. The number of amides is 1. The van der Waals surface area contributed by atoms with Gasteiger partial charge in [0.05, 0.1) is 0 Å². The van der Waals surface area contributed by atoms with Gasteiger partial charge in [0.1, 0.15) is 5.82 Å². The van der Waals surface area contributed by atoms with Gasteiger partial charge < -0.3 is 14.7 Å². The van der Waals surface area contributed by atoms with E-state index in [1.165, 1.54) is 25.7 Å². The van der Waals surface area contributed by atoms with E-state index in [4.69, 9.17) is 0 Å². The Morgan fingerprint density at radius 3 is 2.46 bits per heavy atom. The van der Waals surface area contributed by atoms with Crippen LogP contribution in [-0.2, 0) is 0 Å². The molecule has 0 spiro atoms. The predicted octanol–water partition coefficient (Wildman–Crippen LogP) is 2.63. The Bertz CT molecular complexity index is 546. The third kappa shape index (κ3) is 4.07. The van der Waals surface area contributed by atoms with Crippen molar-refractivity contribution < 1.29 is 4.79 Å². The van der Waals surface area contributed by atoms with Crippen molar-refractivity contribution in [2.45, 2.75) is 44.6 Å². The maximum atomic E-state index is 12.9. The zero-order valence-electron chi connectivity index (χ0n) is 15.1. The van der Waals surface area contributed by atoms with Crippen LogP contribution < -0.4 is 4.90 Å². The van der Waals surface area contributed by atoms with Gasteiger partial charge >= 0.3 is 0 Å². The van der Waals surface area contributed by atoms with Gasteiger partial charge in [0.25, 0.3) is 5.91 Å². The molecule has 2 fully saturated rings. The average molecular weight is 330 g/mol. The van der Waals surface area contributed by atoms with Crippen LogP contribution in [0.1, 0.15) is 48.9 Å². The van der Waals surface area contributed by atoms with Crippen LogP contribution in [0.4, 0.5) is 5.82 Å². The summed E-state index contributed by atoms with van der Waals surface area (Å²) in [5.74, 6) is 1.09. The number of rotatable bonds is 3. The van der Waals surface area contributed by atoms with Crippen molar-refractivity contribution in [1.29, 1.82) is 0 Å². The molecule has 0 aromatic carbocycles. The third-order valence-electron chi connectivity index (χ3n) is 5.48. The Morgan fingerprint density at radius 1 is 1.12 bits per heavy atom. The van der Waals surface area contributed by atoms with Crippen LogP contribution in [-0.4, -0.2) is 67.0 Å². The van der Waals surface area contributed by atoms with Crippen molar-refractivity contribution in [1.82, 2.24) is 14.8 Å². The lowest BCUT2D eigenvalue weighted by molar-refractivity contribution is 0.0659. The van der Waals surface area contributed by atoms with Gasteiger partial charge in [-0.15, -0.1) is 0 Å². The van der Waals surface area contributed by atoms with E-state index in [1.807, 2.05) is 24.1 Å². The number of carbonyl (C=O) groups is 1. The second kappa shape index (κ2) is 7.97. The Labute approximate surface area is 145 Å². The molecule has 132 valence electrons. The highest BCUT2D eigenvalue weighted by Crippen LogP contribution is 2.21. The smallest absolute Gasteiger partial charge is 0.254 e. The van der Waals surface area contributed by atoms with Gasteiger partial charge in [0.2, 0.25) is 0 Å². The minimum Gasteiger partial charge on any atom is -0.357 e. The lowest BCUT2D eigenvalue weighted by Gasteiger charge is -2.35. The first-order chi connectivity index (χ1) is 11.6. The molecule has 3 heterocycles. The quantitative estimate of drug-likeness (QED) is 0.854. The molecule has 3 rings (SSSR count). The number of hydrogen-bond donors (Lipinski definition) is 0. The maximum absolute atomic E-state index is 12.9. The zero-order valence-corrected chi connectivity index (χ0v) is 15.1. The number of piperidine rings is 1. The van der Waals surface area contributed by atoms with Gasteiger partial charge in [-0.05, 0) is 58.0 Å². The van der Waals surface area contributed by atoms with Crippen molar-refractivity contribution in [3.05, 3.63) is 23.9 Å². The molecule has 1 amide bonds. The van der Waals surface area contributed by atoms with E-state index in [2.05, 4.69) is 21.8 Å². The van der Waals surface area contributed by atoms with E-state index in [0.717, 1.165) is 50.4 Å². The summed E-state index contributed by atoms with van der Waals surface area (Å²) in [6.45, 7) is 4.24. The monoisotopic (exact) mass is 330 g/mol. The highest BCUT2D eigenvalue weighted by molar-refractivity contribution is 5.94. The molecule has 1 aromatic rings. The molecule has 2 aliphatic heterocycles. The zero-order chi connectivity index (χ0) is 16.9. The molecule has 0 radical (unpaired) electrons. The van der Waals surface area contributed by atoms with Crippen molar-refractivity contribution in [3.8, 4) is 0 Å². The van der Waals surface area contributed by atoms with E-state index < -0.39 is 0 Å². The molecule has 24 heavy (non-hydrogen) atoms. The molecule has 2 aliphatic rings. The second-order valence-corrected chi connectivity index (χ2v) is 7.25. The Morgan fingerprint density at radius 2 is 1.79 bits per heavy atom. The number of carbonyl (C=O) groups excluding carboxylic acids is 1. The van der Waals surface area contributed by atoms with Crippen LogP contribution in [0.2, 0.25) is 0 Å². The molecule has 0 unspecified atom stereocenters. The summed E-state index contributed by atoms with van der Waals surface area (Å²) in [5.41, 5.74) is 0.769. The van der Waals surface area contributed by atoms with Crippen LogP contribution in [0.15, 0.2) is 18.3 Å². The summed E-state index contributed by atoms with van der Waals surface area (Å²) in [7, 11) is 4.10. The van der Waals surface area contributed by atoms with Gasteiger partial charge in [0.15, 0.2) is 0 Å².